The SMILES string of the molecule is CC(C)NC(c1nc(C(C)C)cs1)c1cccc(Cl)c1F. The van der Waals surface area contributed by atoms with Crippen LogP contribution in [0, 0.1) is 5.82 Å². The zero-order chi connectivity index (χ0) is 15.6. The molecule has 21 heavy (non-hydrogen) atoms. The summed E-state index contributed by atoms with van der Waals surface area (Å²) < 4.78 is 14.4. The summed E-state index contributed by atoms with van der Waals surface area (Å²) in [5.41, 5.74) is 1.58. The highest BCUT2D eigenvalue weighted by Crippen LogP contribution is 2.31. The third kappa shape index (κ3) is 3.82. The fourth-order valence-electron chi connectivity index (χ4n) is 2.07. The van der Waals surface area contributed by atoms with Gasteiger partial charge >= 0.3 is 0 Å². The second kappa shape index (κ2) is 6.86. The van der Waals surface area contributed by atoms with Gasteiger partial charge in [0.2, 0.25) is 0 Å². The van der Waals surface area contributed by atoms with Gasteiger partial charge in [-0.25, -0.2) is 9.37 Å². The maximum Gasteiger partial charge on any atom is 0.146 e. The van der Waals surface area contributed by atoms with Crippen molar-refractivity contribution in [3.8, 4) is 0 Å². The van der Waals surface area contributed by atoms with Crippen molar-refractivity contribution < 1.29 is 4.39 Å². The molecule has 1 unspecified atom stereocenters. The number of rotatable bonds is 5. The highest BCUT2D eigenvalue weighted by molar-refractivity contribution is 7.09. The van der Waals surface area contributed by atoms with Crippen LogP contribution in [0.2, 0.25) is 5.02 Å². The van der Waals surface area contributed by atoms with E-state index in [0.29, 0.717) is 11.5 Å². The van der Waals surface area contributed by atoms with E-state index in [1.54, 1.807) is 29.5 Å². The molecule has 0 fully saturated rings. The van der Waals surface area contributed by atoms with Crippen molar-refractivity contribution in [1.82, 2.24) is 10.3 Å². The molecule has 1 aromatic carbocycles. The smallest absolute Gasteiger partial charge is 0.146 e. The Bertz CT molecular complexity index is 610. The molecule has 1 heterocycles. The zero-order valence-corrected chi connectivity index (χ0v) is 14.2. The molecular formula is C16H20ClFN2S. The van der Waals surface area contributed by atoms with Crippen LogP contribution >= 0.6 is 22.9 Å². The average Bonchev–Trinajstić information content (AvgIpc) is 2.89. The molecule has 0 aliphatic carbocycles. The Kier molecular flexibility index (Phi) is 5.36. The van der Waals surface area contributed by atoms with Crippen LogP contribution < -0.4 is 5.32 Å². The first-order valence-electron chi connectivity index (χ1n) is 7.05. The van der Waals surface area contributed by atoms with Gasteiger partial charge in [0.25, 0.3) is 0 Å². The molecular weight excluding hydrogens is 307 g/mol. The van der Waals surface area contributed by atoms with Gasteiger partial charge in [0, 0.05) is 17.0 Å². The maximum absolute atomic E-state index is 14.4. The van der Waals surface area contributed by atoms with E-state index >= 15 is 0 Å². The first kappa shape index (κ1) is 16.4. The first-order valence-corrected chi connectivity index (χ1v) is 8.31. The second-order valence-corrected chi connectivity index (χ2v) is 6.96. The Morgan fingerprint density at radius 3 is 2.52 bits per heavy atom. The summed E-state index contributed by atoms with van der Waals surface area (Å²) in [6, 6.07) is 5.03. The number of thiazole rings is 1. The third-order valence-corrected chi connectivity index (χ3v) is 4.39. The van der Waals surface area contributed by atoms with Gasteiger partial charge < -0.3 is 5.32 Å². The molecule has 0 radical (unpaired) electrons. The Morgan fingerprint density at radius 2 is 1.95 bits per heavy atom. The molecule has 1 aromatic heterocycles. The number of halogens is 2. The molecule has 0 aliphatic heterocycles. The molecule has 5 heteroatoms. The molecule has 0 saturated carbocycles. The van der Waals surface area contributed by atoms with Crippen LogP contribution in [0.3, 0.4) is 0 Å². The van der Waals surface area contributed by atoms with Crippen molar-refractivity contribution in [3.63, 3.8) is 0 Å². The van der Waals surface area contributed by atoms with Crippen molar-refractivity contribution >= 4 is 22.9 Å². The Labute approximate surface area is 134 Å². The number of benzene rings is 1. The Hall–Kier alpha value is -0.970. The minimum Gasteiger partial charge on any atom is -0.302 e. The number of aromatic nitrogens is 1. The van der Waals surface area contributed by atoms with Gasteiger partial charge in [0.1, 0.15) is 10.8 Å². The predicted octanol–water partition coefficient (Wildman–Crippen LogP) is 5.15. The summed E-state index contributed by atoms with van der Waals surface area (Å²) >= 11 is 7.47. The van der Waals surface area contributed by atoms with E-state index in [2.05, 4.69) is 24.1 Å². The molecule has 114 valence electrons. The fraction of sp³-hybridized carbons (Fsp3) is 0.438. The lowest BCUT2D eigenvalue weighted by atomic mass is 10.1. The van der Waals surface area contributed by atoms with Crippen LogP contribution in [0.1, 0.15) is 55.9 Å². The van der Waals surface area contributed by atoms with E-state index < -0.39 is 0 Å². The van der Waals surface area contributed by atoms with Crippen LogP contribution in [0.25, 0.3) is 0 Å². The summed E-state index contributed by atoms with van der Waals surface area (Å²) in [6.45, 7) is 8.27. The van der Waals surface area contributed by atoms with E-state index in [1.807, 2.05) is 19.2 Å². The van der Waals surface area contributed by atoms with Crippen molar-refractivity contribution in [3.05, 3.63) is 50.7 Å². The Balaban J connectivity index is 2.44. The van der Waals surface area contributed by atoms with Crippen LogP contribution in [-0.4, -0.2) is 11.0 Å². The highest BCUT2D eigenvalue weighted by atomic mass is 35.5. The minimum atomic E-state index is -0.376. The van der Waals surface area contributed by atoms with Gasteiger partial charge in [0.05, 0.1) is 16.8 Å². The van der Waals surface area contributed by atoms with E-state index in [9.17, 15) is 4.39 Å². The van der Waals surface area contributed by atoms with Gasteiger partial charge in [-0.15, -0.1) is 11.3 Å². The summed E-state index contributed by atoms with van der Waals surface area (Å²) in [4.78, 5) is 4.66. The van der Waals surface area contributed by atoms with Gasteiger partial charge in [-0.1, -0.05) is 37.6 Å². The molecule has 2 nitrogen and oxygen atoms in total. The number of nitrogens with one attached hydrogen (secondary N) is 1. The van der Waals surface area contributed by atoms with Crippen LogP contribution in [0.4, 0.5) is 4.39 Å². The average molecular weight is 327 g/mol. The quantitative estimate of drug-likeness (QED) is 0.822. The van der Waals surface area contributed by atoms with Crippen LogP contribution in [-0.2, 0) is 0 Å². The van der Waals surface area contributed by atoms with Gasteiger partial charge in [-0.05, 0) is 25.8 Å². The molecule has 0 bridgehead atoms. The monoisotopic (exact) mass is 326 g/mol. The zero-order valence-electron chi connectivity index (χ0n) is 12.7. The van der Waals surface area contributed by atoms with Crippen molar-refractivity contribution in [2.24, 2.45) is 0 Å². The lowest BCUT2D eigenvalue weighted by Gasteiger charge is -2.20. The summed E-state index contributed by atoms with van der Waals surface area (Å²) in [6.07, 6.45) is 0. The largest absolute Gasteiger partial charge is 0.302 e. The third-order valence-electron chi connectivity index (χ3n) is 3.17. The standard InChI is InChI=1S/C16H20ClFN2S/c1-9(2)13-8-21-16(20-13)15(19-10(3)4)11-6-5-7-12(17)14(11)18/h5-10,15,19H,1-4H3. The molecule has 2 rings (SSSR count). The van der Waals surface area contributed by atoms with Crippen LogP contribution in [0.15, 0.2) is 23.6 Å². The fourth-order valence-corrected chi connectivity index (χ4v) is 3.31. The predicted molar refractivity (Wildman–Crippen MR) is 87.7 cm³/mol. The number of nitrogens with zero attached hydrogens (tertiary/aromatic N) is 1. The minimum absolute atomic E-state index is 0.142. The number of hydrogen-bond donors (Lipinski definition) is 1. The first-order chi connectivity index (χ1) is 9.90. The molecule has 0 saturated heterocycles. The Morgan fingerprint density at radius 1 is 1.24 bits per heavy atom. The highest BCUT2D eigenvalue weighted by Gasteiger charge is 2.23. The summed E-state index contributed by atoms with van der Waals surface area (Å²) in [7, 11) is 0. The van der Waals surface area contributed by atoms with E-state index in [0.717, 1.165) is 10.7 Å². The van der Waals surface area contributed by atoms with Crippen molar-refractivity contribution in [1.29, 1.82) is 0 Å². The topological polar surface area (TPSA) is 24.9 Å². The summed E-state index contributed by atoms with van der Waals surface area (Å²) in [5, 5.41) is 6.43. The lowest BCUT2D eigenvalue weighted by Crippen LogP contribution is -2.29. The lowest BCUT2D eigenvalue weighted by molar-refractivity contribution is 0.501. The molecule has 0 amide bonds. The van der Waals surface area contributed by atoms with Crippen molar-refractivity contribution in [2.45, 2.75) is 45.7 Å². The van der Waals surface area contributed by atoms with E-state index in [1.165, 1.54) is 0 Å². The summed E-state index contributed by atoms with van der Waals surface area (Å²) in [5.74, 6) is -0.0162. The van der Waals surface area contributed by atoms with Gasteiger partial charge in [0.15, 0.2) is 0 Å². The van der Waals surface area contributed by atoms with Gasteiger partial charge in [-0.3, -0.25) is 0 Å². The number of hydrogen-bond acceptors (Lipinski definition) is 3. The normalized spacial score (nSPS) is 13.1. The molecule has 1 N–H and O–H groups in total. The maximum atomic E-state index is 14.4. The molecule has 2 aromatic rings. The molecule has 0 spiro atoms. The van der Waals surface area contributed by atoms with Gasteiger partial charge in [-0.2, -0.15) is 0 Å². The van der Waals surface area contributed by atoms with Crippen molar-refractivity contribution in [2.75, 3.05) is 0 Å². The van der Waals surface area contributed by atoms with Crippen LogP contribution in [0.5, 0.6) is 0 Å². The van der Waals surface area contributed by atoms with E-state index in [-0.39, 0.29) is 22.9 Å². The molecule has 1 atom stereocenters. The van der Waals surface area contributed by atoms with E-state index in [4.69, 9.17) is 11.6 Å². The second-order valence-electron chi connectivity index (χ2n) is 5.66. The molecule has 0 aliphatic rings.